The second-order valence-electron chi connectivity index (χ2n) is 6.11. The summed E-state index contributed by atoms with van der Waals surface area (Å²) in [5.74, 6) is 0.0327. The fourth-order valence-corrected chi connectivity index (χ4v) is 4.94. The summed E-state index contributed by atoms with van der Waals surface area (Å²) in [6.07, 6.45) is 5.35. The van der Waals surface area contributed by atoms with Crippen LogP contribution >= 0.6 is 11.3 Å². The lowest BCUT2D eigenvalue weighted by Gasteiger charge is -2.42. The van der Waals surface area contributed by atoms with E-state index in [0.717, 1.165) is 43.9 Å². The van der Waals surface area contributed by atoms with Gasteiger partial charge in [0.2, 0.25) is 10.0 Å². The minimum Gasteiger partial charge on any atom is -0.381 e. The molecule has 0 aliphatic carbocycles. The molecule has 2 saturated heterocycles. The predicted molar refractivity (Wildman–Crippen MR) is 84.2 cm³/mol. The van der Waals surface area contributed by atoms with Gasteiger partial charge in [-0.3, -0.25) is 0 Å². The topological polar surface area (TPSA) is 77.5 Å². The van der Waals surface area contributed by atoms with Crippen molar-refractivity contribution in [3.05, 3.63) is 16.6 Å². The normalized spacial score (nSPS) is 25.4. The van der Waals surface area contributed by atoms with E-state index in [2.05, 4.69) is 9.71 Å². The molecule has 124 valence electrons. The van der Waals surface area contributed by atoms with Crippen LogP contribution in [0.4, 0.5) is 0 Å². The van der Waals surface area contributed by atoms with Crippen molar-refractivity contribution in [2.75, 3.05) is 25.6 Å². The molecule has 0 radical (unpaired) electrons. The number of aromatic nitrogens is 1. The van der Waals surface area contributed by atoms with E-state index in [9.17, 15) is 8.42 Å². The number of thiazole rings is 1. The Balaban J connectivity index is 1.47. The first kappa shape index (κ1) is 16.3. The lowest BCUT2D eigenvalue weighted by Crippen LogP contribution is -2.43. The van der Waals surface area contributed by atoms with E-state index < -0.39 is 10.0 Å². The Hall–Kier alpha value is -0.540. The molecule has 22 heavy (non-hydrogen) atoms. The highest BCUT2D eigenvalue weighted by molar-refractivity contribution is 7.89. The summed E-state index contributed by atoms with van der Waals surface area (Å²) in [4.78, 5) is 4.07. The molecule has 1 unspecified atom stereocenters. The van der Waals surface area contributed by atoms with Crippen LogP contribution in [0.5, 0.6) is 0 Å². The Morgan fingerprint density at radius 1 is 1.36 bits per heavy atom. The number of sulfonamides is 1. The van der Waals surface area contributed by atoms with E-state index in [-0.39, 0.29) is 23.8 Å². The van der Waals surface area contributed by atoms with Crippen molar-refractivity contribution in [2.24, 2.45) is 5.41 Å². The zero-order valence-electron chi connectivity index (χ0n) is 12.5. The molecule has 2 aliphatic rings. The molecule has 1 aromatic rings. The molecule has 2 aliphatic heterocycles. The summed E-state index contributed by atoms with van der Waals surface area (Å²) >= 11 is 1.44. The number of nitrogens with one attached hydrogen (secondary N) is 1. The summed E-state index contributed by atoms with van der Waals surface area (Å²) in [6.45, 7) is 2.50. The van der Waals surface area contributed by atoms with Gasteiger partial charge in [0.05, 0.1) is 25.0 Å². The number of hydrogen-bond donors (Lipinski definition) is 1. The van der Waals surface area contributed by atoms with Gasteiger partial charge < -0.3 is 9.47 Å². The fourth-order valence-electron chi connectivity index (χ4n) is 3.06. The highest BCUT2D eigenvalue weighted by atomic mass is 32.2. The molecule has 1 atom stereocenters. The fraction of sp³-hybridized carbons (Fsp3) is 0.786. The van der Waals surface area contributed by atoms with Crippen molar-refractivity contribution in [1.82, 2.24) is 9.71 Å². The molecule has 3 heterocycles. The smallest absolute Gasteiger partial charge is 0.214 e. The zero-order chi connectivity index (χ0) is 15.5. The van der Waals surface area contributed by atoms with Crippen LogP contribution in [0.15, 0.2) is 11.6 Å². The summed E-state index contributed by atoms with van der Waals surface area (Å²) in [7, 11) is -3.33. The van der Waals surface area contributed by atoms with Gasteiger partial charge in [-0.1, -0.05) is 0 Å². The van der Waals surface area contributed by atoms with E-state index in [4.69, 9.17) is 9.47 Å². The number of ether oxygens (including phenoxy) is 2. The molecule has 0 bridgehead atoms. The van der Waals surface area contributed by atoms with Crippen LogP contribution in [0.25, 0.3) is 0 Å². The second kappa shape index (κ2) is 6.92. The van der Waals surface area contributed by atoms with Crippen molar-refractivity contribution in [2.45, 2.75) is 38.3 Å². The van der Waals surface area contributed by atoms with E-state index >= 15 is 0 Å². The van der Waals surface area contributed by atoms with Gasteiger partial charge in [-0.05, 0) is 31.1 Å². The van der Waals surface area contributed by atoms with Crippen LogP contribution in [0, 0.1) is 5.41 Å². The van der Waals surface area contributed by atoms with Crippen LogP contribution < -0.4 is 4.72 Å². The minimum absolute atomic E-state index is 0.0327. The molecular formula is C14H22N2O4S2. The standard InChI is InChI=1S/C14H22N2O4S2/c17-22(18,16-9-13-15-5-8-21-13)10-12-1-2-14(11-20-12)3-6-19-7-4-14/h5,8,12,16H,1-4,6-7,9-11H2. The molecular weight excluding hydrogens is 324 g/mol. The molecule has 0 amide bonds. The first-order valence-corrected chi connectivity index (χ1v) is 10.2. The van der Waals surface area contributed by atoms with Gasteiger partial charge in [-0.2, -0.15) is 0 Å². The molecule has 6 nitrogen and oxygen atoms in total. The summed E-state index contributed by atoms with van der Waals surface area (Å²) in [6, 6.07) is 0. The van der Waals surface area contributed by atoms with Crippen LogP contribution in [-0.2, 0) is 26.0 Å². The van der Waals surface area contributed by atoms with Crippen molar-refractivity contribution >= 4 is 21.4 Å². The van der Waals surface area contributed by atoms with Crippen molar-refractivity contribution < 1.29 is 17.9 Å². The monoisotopic (exact) mass is 346 g/mol. The highest BCUT2D eigenvalue weighted by Gasteiger charge is 2.38. The van der Waals surface area contributed by atoms with E-state index in [1.807, 2.05) is 5.38 Å². The van der Waals surface area contributed by atoms with Crippen LogP contribution in [0.1, 0.15) is 30.7 Å². The Labute approximate surface area is 135 Å². The molecule has 3 rings (SSSR count). The molecule has 0 saturated carbocycles. The van der Waals surface area contributed by atoms with Gasteiger partial charge in [0, 0.05) is 24.8 Å². The maximum Gasteiger partial charge on any atom is 0.214 e. The second-order valence-corrected chi connectivity index (χ2v) is 8.94. The van der Waals surface area contributed by atoms with E-state index in [1.165, 1.54) is 11.3 Å². The largest absolute Gasteiger partial charge is 0.381 e. The highest BCUT2D eigenvalue weighted by Crippen LogP contribution is 2.39. The Morgan fingerprint density at radius 3 is 2.82 bits per heavy atom. The average molecular weight is 346 g/mol. The molecule has 1 spiro atoms. The lowest BCUT2D eigenvalue weighted by atomic mass is 9.75. The Kier molecular flexibility index (Phi) is 5.13. The van der Waals surface area contributed by atoms with Gasteiger partial charge in [-0.25, -0.2) is 18.1 Å². The third kappa shape index (κ3) is 4.26. The van der Waals surface area contributed by atoms with Crippen LogP contribution in [0.2, 0.25) is 0 Å². The van der Waals surface area contributed by atoms with E-state index in [1.54, 1.807) is 6.20 Å². The predicted octanol–water partition coefficient (Wildman–Crippen LogP) is 1.54. The average Bonchev–Trinajstić information content (AvgIpc) is 3.02. The summed E-state index contributed by atoms with van der Waals surface area (Å²) < 4.78 is 38.1. The van der Waals surface area contributed by atoms with E-state index in [0.29, 0.717) is 6.61 Å². The maximum atomic E-state index is 12.1. The van der Waals surface area contributed by atoms with Crippen LogP contribution in [0.3, 0.4) is 0 Å². The lowest BCUT2D eigenvalue weighted by molar-refractivity contribution is -0.0984. The summed E-state index contributed by atoms with van der Waals surface area (Å²) in [5, 5.41) is 2.61. The SMILES string of the molecule is O=S(=O)(CC1CCC2(CCOCC2)CO1)NCc1nccs1. The number of rotatable bonds is 5. The van der Waals surface area contributed by atoms with Crippen molar-refractivity contribution in [3.63, 3.8) is 0 Å². The van der Waals surface area contributed by atoms with Gasteiger partial charge in [0.15, 0.2) is 0 Å². The third-order valence-corrected chi connectivity index (χ3v) is 6.68. The molecule has 0 aromatic carbocycles. The molecule has 2 fully saturated rings. The number of hydrogen-bond acceptors (Lipinski definition) is 6. The van der Waals surface area contributed by atoms with Gasteiger partial charge in [-0.15, -0.1) is 11.3 Å². The summed E-state index contributed by atoms with van der Waals surface area (Å²) in [5.41, 5.74) is 0.215. The first-order chi connectivity index (χ1) is 10.6. The molecule has 1 aromatic heterocycles. The van der Waals surface area contributed by atoms with Crippen LogP contribution in [-0.4, -0.2) is 45.1 Å². The molecule has 8 heteroatoms. The minimum atomic E-state index is -3.33. The van der Waals surface area contributed by atoms with Crippen molar-refractivity contribution in [1.29, 1.82) is 0 Å². The first-order valence-electron chi connectivity index (χ1n) is 7.62. The number of nitrogens with zero attached hydrogens (tertiary/aromatic N) is 1. The van der Waals surface area contributed by atoms with Gasteiger partial charge >= 0.3 is 0 Å². The zero-order valence-corrected chi connectivity index (χ0v) is 14.1. The Bertz CT molecular complexity index is 558. The Morgan fingerprint density at radius 2 is 2.18 bits per heavy atom. The quantitative estimate of drug-likeness (QED) is 0.875. The van der Waals surface area contributed by atoms with Gasteiger partial charge in [0.1, 0.15) is 5.01 Å². The van der Waals surface area contributed by atoms with Gasteiger partial charge in [0.25, 0.3) is 0 Å². The molecule has 1 N–H and O–H groups in total. The maximum absolute atomic E-state index is 12.1. The third-order valence-electron chi connectivity index (χ3n) is 4.51. The van der Waals surface area contributed by atoms with Crippen molar-refractivity contribution in [3.8, 4) is 0 Å².